The summed E-state index contributed by atoms with van der Waals surface area (Å²) in [7, 11) is 0. The first-order valence-corrected chi connectivity index (χ1v) is 7.46. The number of nitrogens with one attached hydrogen (secondary N) is 1. The Kier molecular flexibility index (Phi) is 3.27. The molecule has 2 heterocycles. The average Bonchev–Trinajstić information content (AvgIpc) is 2.91. The number of aromatic nitrogens is 1. The molecule has 0 bridgehead atoms. The van der Waals surface area contributed by atoms with Crippen molar-refractivity contribution in [1.82, 2.24) is 4.98 Å². The Labute approximate surface area is 136 Å². The van der Waals surface area contributed by atoms with Crippen molar-refractivity contribution in [2.45, 2.75) is 6.92 Å². The fourth-order valence-corrected chi connectivity index (χ4v) is 2.74. The van der Waals surface area contributed by atoms with Gasteiger partial charge in [0.1, 0.15) is 11.4 Å². The zero-order valence-corrected chi connectivity index (χ0v) is 12.8. The van der Waals surface area contributed by atoms with Crippen LogP contribution >= 0.6 is 0 Å². The molecule has 1 N–H and O–H groups in total. The molecular weight excluding hydrogens is 307 g/mol. The molecule has 0 unspecified atom stereocenters. The molecule has 4 rings (SSSR count). The average molecular weight is 320 g/mol. The van der Waals surface area contributed by atoms with Crippen molar-refractivity contribution in [1.29, 1.82) is 0 Å². The van der Waals surface area contributed by atoms with Gasteiger partial charge in [-0.2, -0.15) is 0 Å². The lowest BCUT2D eigenvalue weighted by molar-refractivity contribution is 0.0998. The Balaban J connectivity index is 1.69. The van der Waals surface area contributed by atoms with Gasteiger partial charge in [0.15, 0.2) is 5.76 Å². The first-order valence-electron chi connectivity index (χ1n) is 7.46. The molecule has 5 heteroatoms. The van der Waals surface area contributed by atoms with Gasteiger partial charge in [-0.15, -0.1) is 0 Å². The SMILES string of the molecule is Cc1c(C(=O)Nc2cnc3ccccc3c2)oc2ccc(F)cc12. The minimum atomic E-state index is -0.388. The lowest BCUT2D eigenvalue weighted by Gasteiger charge is -2.05. The predicted molar refractivity (Wildman–Crippen MR) is 90.6 cm³/mol. The molecule has 0 radical (unpaired) electrons. The van der Waals surface area contributed by atoms with Gasteiger partial charge < -0.3 is 9.73 Å². The highest BCUT2D eigenvalue weighted by molar-refractivity contribution is 6.06. The molecule has 1 amide bonds. The van der Waals surface area contributed by atoms with E-state index >= 15 is 0 Å². The maximum Gasteiger partial charge on any atom is 0.291 e. The van der Waals surface area contributed by atoms with Gasteiger partial charge in [0.25, 0.3) is 5.91 Å². The number of nitrogens with zero attached hydrogens (tertiary/aromatic N) is 1. The minimum Gasteiger partial charge on any atom is -0.451 e. The van der Waals surface area contributed by atoms with Crippen LogP contribution in [0.25, 0.3) is 21.9 Å². The molecule has 0 atom stereocenters. The van der Waals surface area contributed by atoms with Crippen LogP contribution in [0.5, 0.6) is 0 Å². The first-order chi connectivity index (χ1) is 11.6. The van der Waals surface area contributed by atoms with Gasteiger partial charge in [-0.25, -0.2) is 4.39 Å². The van der Waals surface area contributed by atoms with E-state index in [-0.39, 0.29) is 17.5 Å². The van der Waals surface area contributed by atoms with Crippen molar-refractivity contribution < 1.29 is 13.6 Å². The van der Waals surface area contributed by atoms with Gasteiger partial charge in [-0.05, 0) is 37.3 Å². The number of anilines is 1. The summed E-state index contributed by atoms with van der Waals surface area (Å²) in [5.41, 5.74) is 2.52. The lowest BCUT2D eigenvalue weighted by Crippen LogP contribution is -2.12. The number of fused-ring (bicyclic) bond motifs is 2. The lowest BCUT2D eigenvalue weighted by atomic mass is 10.1. The molecule has 0 aliphatic rings. The molecule has 0 saturated carbocycles. The Morgan fingerprint density at radius 1 is 1.17 bits per heavy atom. The van der Waals surface area contributed by atoms with Gasteiger partial charge >= 0.3 is 0 Å². The number of benzene rings is 2. The second-order valence-corrected chi connectivity index (χ2v) is 5.57. The van der Waals surface area contributed by atoms with Gasteiger partial charge in [0.05, 0.1) is 17.4 Å². The van der Waals surface area contributed by atoms with Crippen LogP contribution in [-0.2, 0) is 0 Å². The highest BCUT2D eigenvalue weighted by Gasteiger charge is 2.18. The molecule has 24 heavy (non-hydrogen) atoms. The zero-order chi connectivity index (χ0) is 16.7. The topological polar surface area (TPSA) is 55.1 Å². The minimum absolute atomic E-state index is 0.170. The summed E-state index contributed by atoms with van der Waals surface area (Å²) in [4.78, 5) is 16.8. The molecule has 2 aromatic heterocycles. The molecular formula is C19H13FN2O2. The summed E-state index contributed by atoms with van der Waals surface area (Å²) in [5.74, 6) is -0.581. The monoisotopic (exact) mass is 320 g/mol. The highest BCUT2D eigenvalue weighted by Crippen LogP contribution is 2.27. The van der Waals surface area contributed by atoms with Crippen LogP contribution in [0.1, 0.15) is 16.1 Å². The van der Waals surface area contributed by atoms with Crippen LogP contribution in [0.15, 0.2) is 59.1 Å². The van der Waals surface area contributed by atoms with E-state index in [1.165, 1.54) is 18.2 Å². The van der Waals surface area contributed by atoms with E-state index in [1.54, 1.807) is 13.1 Å². The molecule has 0 spiro atoms. The van der Waals surface area contributed by atoms with E-state index in [0.29, 0.717) is 22.2 Å². The number of carbonyl (C=O) groups excluding carboxylic acids is 1. The van der Waals surface area contributed by atoms with Gasteiger partial charge in [-0.3, -0.25) is 9.78 Å². The number of para-hydroxylation sites is 1. The van der Waals surface area contributed by atoms with Crippen molar-refractivity contribution in [3.05, 3.63) is 71.9 Å². The van der Waals surface area contributed by atoms with E-state index < -0.39 is 0 Å². The van der Waals surface area contributed by atoms with Gasteiger partial charge in [-0.1, -0.05) is 18.2 Å². The van der Waals surface area contributed by atoms with E-state index in [4.69, 9.17) is 4.42 Å². The summed E-state index contributed by atoms with van der Waals surface area (Å²) in [6, 6.07) is 13.7. The maximum absolute atomic E-state index is 13.4. The highest BCUT2D eigenvalue weighted by atomic mass is 19.1. The molecule has 0 saturated heterocycles. The summed E-state index contributed by atoms with van der Waals surface area (Å²) >= 11 is 0. The summed E-state index contributed by atoms with van der Waals surface area (Å²) in [6.07, 6.45) is 1.60. The number of pyridine rings is 1. The molecule has 118 valence electrons. The smallest absolute Gasteiger partial charge is 0.291 e. The Hall–Kier alpha value is -3.21. The number of furan rings is 1. The van der Waals surface area contributed by atoms with Gasteiger partial charge in [0, 0.05) is 16.3 Å². The fourth-order valence-electron chi connectivity index (χ4n) is 2.74. The van der Waals surface area contributed by atoms with Gasteiger partial charge in [0.2, 0.25) is 0 Å². The van der Waals surface area contributed by atoms with Crippen LogP contribution in [0, 0.1) is 12.7 Å². The van der Waals surface area contributed by atoms with E-state index in [0.717, 1.165) is 10.9 Å². The summed E-state index contributed by atoms with van der Waals surface area (Å²) in [6.45, 7) is 1.73. The van der Waals surface area contributed by atoms with Crippen molar-refractivity contribution >= 4 is 33.5 Å². The Bertz CT molecular complexity index is 1090. The number of rotatable bonds is 2. The number of halogens is 1. The predicted octanol–water partition coefficient (Wildman–Crippen LogP) is 4.68. The second kappa shape index (κ2) is 5.45. The Morgan fingerprint density at radius 3 is 2.88 bits per heavy atom. The third-order valence-electron chi connectivity index (χ3n) is 3.95. The zero-order valence-electron chi connectivity index (χ0n) is 12.8. The van der Waals surface area contributed by atoms with E-state index in [9.17, 15) is 9.18 Å². The quantitative estimate of drug-likeness (QED) is 0.583. The van der Waals surface area contributed by atoms with Crippen LogP contribution in [0.2, 0.25) is 0 Å². The van der Waals surface area contributed by atoms with E-state index in [2.05, 4.69) is 10.3 Å². The van der Waals surface area contributed by atoms with Crippen LogP contribution in [0.3, 0.4) is 0 Å². The summed E-state index contributed by atoms with van der Waals surface area (Å²) in [5, 5.41) is 4.30. The fraction of sp³-hybridized carbons (Fsp3) is 0.0526. The van der Waals surface area contributed by atoms with E-state index in [1.807, 2.05) is 30.3 Å². The van der Waals surface area contributed by atoms with Crippen molar-refractivity contribution in [3.63, 3.8) is 0 Å². The number of aryl methyl sites for hydroxylation is 1. The maximum atomic E-state index is 13.4. The molecule has 4 nitrogen and oxygen atoms in total. The largest absolute Gasteiger partial charge is 0.451 e. The number of hydrogen-bond acceptors (Lipinski definition) is 3. The van der Waals surface area contributed by atoms with Crippen molar-refractivity contribution in [2.75, 3.05) is 5.32 Å². The van der Waals surface area contributed by atoms with Crippen molar-refractivity contribution in [3.8, 4) is 0 Å². The Morgan fingerprint density at radius 2 is 2.00 bits per heavy atom. The molecule has 2 aromatic carbocycles. The third-order valence-corrected chi connectivity index (χ3v) is 3.95. The van der Waals surface area contributed by atoms with Crippen LogP contribution < -0.4 is 5.32 Å². The van der Waals surface area contributed by atoms with Crippen LogP contribution in [0.4, 0.5) is 10.1 Å². The second-order valence-electron chi connectivity index (χ2n) is 5.57. The molecule has 0 aliphatic heterocycles. The molecule has 0 aliphatic carbocycles. The number of carbonyl (C=O) groups is 1. The standard InChI is InChI=1S/C19H13FN2O2/c1-11-15-9-13(20)6-7-17(15)24-18(11)19(23)22-14-8-12-4-2-3-5-16(12)21-10-14/h2-10H,1H3,(H,22,23). The normalized spacial score (nSPS) is 11.1. The van der Waals surface area contributed by atoms with Crippen molar-refractivity contribution in [2.24, 2.45) is 0 Å². The first kappa shape index (κ1) is 14.4. The number of hydrogen-bond donors (Lipinski definition) is 1. The molecule has 4 aromatic rings. The summed E-state index contributed by atoms with van der Waals surface area (Å²) < 4.78 is 18.9. The molecule has 0 fully saturated rings. The number of amides is 1. The van der Waals surface area contributed by atoms with Crippen LogP contribution in [-0.4, -0.2) is 10.9 Å². The third kappa shape index (κ3) is 2.40.